The first-order chi connectivity index (χ1) is 21.8. The van der Waals surface area contributed by atoms with Crippen molar-refractivity contribution in [2.24, 2.45) is 0 Å². The molecule has 2 N–H and O–H groups in total. The fraction of sp³-hybridized carbons (Fsp3) is 0.219. The van der Waals surface area contributed by atoms with Crippen LogP contribution >= 0.6 is 0 Å². The van der Waals surface area contributed by atoms with E-state index in [9.17, 15) is 53.5 Å². The molecule has 0 aliphatic heterocycles. The Morgan fingerprint density at radius 3 is 1.98 bits per heavy atom. The molecule has 1 heterocycles. The highest BCUT2D eigenvalue weighted by atomic mass is 19.4. The molecular weight excluding hydrogens is 650 g/mol. The zero-order chi connectivity index (χ0) is 34.7. The molecule has 0 unspecified atom stereocenters. The third kappa shape index (κ3) is 8.65. The number of Topliss-reactive ketones (excluding diaryl/α,β-unsaturated/α-hetero) is 1. The Morgan fingerprint density at radius 2 is 1.38 bits per heavy atom. The number of alkyl halides is 9. The van der Waals surface area contributed by atoms with Crippen LogP contribution in [0.3, 0.4) is 0 Å². The number of aromatic nitrogens is 1. The first kappa shape index (κ1) is 34.9. The van der Waals surface area contributed by atoms with Gasteiger partial charge in [-0.2, -0.15) is 39.5 Å². The van der Waals surface area contributed by atoms with E-state index in [0.717, 1.165) is 42.6 Å². The van der Waals surface area contributed by atoms with Gasteiger partial charge >= 0.3 is 24.5 Å². The Kier molecular flexibility index (Phi) is 9.97. The summed E-state index contributed by atoms with van der Waals surface area (Å²) in [5, 5.41) is 11.4. The number of nitrogens with zero attached hydrogens (tertiary/aromatic N) is 1. The van der Waals surface area contributed by atoms with Crippen LogP contribution in [0.15, 0.2) is 72.9 Å². The van der Waals surface area contributed by atoms with Gasteiger partial charge < -0.3 is 10.4 Å². The van der Waals surface area contributed by atoms with E-state index in [2.05, 4.69) is 10.3 Å². The van der Waals surface area contributed by atoms with Crippen LogP contribution in [0.5, 0.6) is 0 Å². The molecule has 0 saturated heterocycles. The maximum atomic E-state index is 14.0. The minimum Gasteiger partial charge on any atom is -0.481 e. The van der Waals surface area contributed by atoms with Crippen LogP contribution in [-0.2, 0) is 29.9 Å². The van der Waals surface area contributed by atoms with Crippen molar-refractivity contribution in [1.82, 2.24) is 4.98 Å². The second-order valence-corrected chi connectivity index (χ2v) is 10.3. The topological polar surface area (TPSA) is 79.3 Å². The van der Waals surface area contributed by atoms with E-state index in [1.54, 1.807) is 0 Å². The van der Waals surface area contributed by atoms with Gasteiger partial charge in [0.25, 0.3) is 0 Å². The van der Waals surface area contributed by atoms with Crippen LogP contribution < -0.4 is 5.32 Å². The lowest BCUT2D eigenvalue weighted by Crippen LogP contribution is -2.11. The summed E-state index contributed by atoms with van der Waals surface area (Å²) in [6.07, 6.45) is -14.2. The predicted octanol–water partition coefficient (Wildman–Crippen LogP) is 9.66. The minimum absolute atomic E-state index is 0.0108. The number of benzene rings is 3. The number of ketones is 1. The van der Waals surface area contributed by atoms with Gasteiger partial charge in [0, 0.05) is 36.8 Å². The average molecular weight is 673 g/mol. The Morgan fingerprint density at radius 1 is 0.702 bits per heavy atom. The van der Waals surface area contributed by atoms with Crippen molar-refractivity contribution < 1.29 is 58.6 Å². The molecule has 5 nitrogen and oxygen atoms in total. The van der Waals surface area contributed by atoms with Crippen molar-refractivity contribution in [3.8, 4) is 22.3 Å². The Labute approximate surface area is 259 Å². The molecule has 0 saturated carbocycles. The van der Waals surface area contributed by atoms with E-state index in [-0.39, 0.29) is 59.9 Å². The average Bonchev–Trinajstić information content (AvgIpc) is 2.98. The van der Waals surface area contributed by atoms with Gasteiger partial charge in [0.05, 0.1) is 16.7 Å². The van der Waals surface area contributed by atoms with Crippen molar-refractivity contribution in [1.29, 1.82) is 0 Å². The predicted molar refractivity (Wildman–Crippen MR) is 150 cm³/mol. The first-order valence-corrected chi connectivity index (χ1v) is 13.6. The molecule has 0 fully saturated rings. The monoisotopic (exact) mass is 672 g/mol. The van der Waals surface area contributed by atoms with Crippen LogP contribution in [-0.4, -0.2) is 21.8 Å². The van der Waals surface area contributed by atoms with Crippen molar-refractivity contribution in [3.63, 3.8) is 0 Å². The summed E-state index contributed by atoms with van der Waals surface area (Å²) in [5.41, 5.74) is -5.24. The van der Waals surface area contributed by atoms with E-state index in [1.807, 2.05) is 0 Å². The highest BCUT2D eigenvalue weighted by Crippen LogP contribution is 2.41. The number of carbonyl (C=O) groups excluding carboxylic acids is 1. The second kappa shape index (κ2) is 13.4. The van der Waals surface area contributed by atoms with Crippen LogP contribution in [0.4, 0.5) is 49.6 Å². The number of halogens is 10. The molecule has 0 amide bonds. The third-order valence-electron chi connectivity index (χ3n) is 6.98. The fourth-order valence-electron chi connectivity index (χ4n) is 4.67. The Hall–Kier alpha value is -4.95. The van der Waals surface area contributed by atoms with Crippen molar-refractivity contribution >= 4 is 17.4 Å². The summed E-state index contributed by atoms with van der Waals surface area (Å²) >= 11 is 0. The molecular formula is C32H22F10N2O3. The van der Waals surface area contributed by atoms with Gasteiger partial charge in [-0.15, -0.1) is 0 Å². The number of anilines is 1. The van der Waals surface area contributed by atoms with Gasteiger partial charge in [-0.3, -0.25) is 14.6 Å². The summed E-state index contributed by atoms with van der Waals surface area (Å²) in [7, 11) is 0. The van der Waals surface area contributed by atoms with E-state index in [4.69, 9.17) is 5.11 Å². The Bertz CT molecular complexity index is 1780. The van der Waals surface area contributed by atoms with Crippen molar-refractivity contribution in [2.45, 2.75) is 44.3 Å². The molecule has 4 aromatic rings. The van der Waals surface area contributed by atoms with E-state index < -0.39 is 63.9 Å². The van der Waals surface area contributed by atoms with Crippen molar-refractivity contribution in [3.05, 3.63) is 107 Å². The smallest absolute Gasteiger partial charge is 0.419 e. The SMILES string of the molecule is O=C(O)CCCC(=O)c1ccc(-c2cc(C(F)(F)F)ccc2CNc2ccc(-c3ccc(F)c(C(F)(F)F)c3)c(C(F)(F)F)c2)cn1. The maximum Gasteiger partial charge on any atom is 0.419 e. The molecule has 15 heteroatoms. The number of aliphatic carboxylic acids is 1. The minimum atomic E-state index is -5.16. The highest BCUT2D eigenvalue weighted by Gasteiger charge is 2.37. The third-order valence-corrected chi connectivity index (χ3v) is 6.98. The van der Waals surface area contributed by atoms with Gasteiger partial charge in [-0.05, 0) is 71.1 Å². The van der Waals surface area contributed by atoms with Gasteiger partial charge in [-0.25, -0.2) is 4.39 Å². The number of rotatable bonds is 10. The molecule has 248 valence electrons. The second-order valence-electron chi connectivity index (χ2n) is 10.3. The molecule has 1 aromatic heterocycles. The molecule has 47 heavy (non-hydrogen) atoms. The molecule has 0 aliphatic rings. The first-order valence-electron chi connectivity index (χ1n) is 13.6. The van der Waals surface area contributed by atoms with Crippen LogP contribution in [0.1, 0.15) is 52.0 Å². The van der Waals surface area contributed by atoms with Gasteiger partial charge in [-0.1, -0.05) is 24.3 Å². The number of carbonyl (C=O) groups is 2. The number of hydrogen-bond acceptors (Lipinski definition) is 4. The van der Waals surface area contributed by atoms with Crippen LogP contribution in [0.2, 0.25) is 0 Å². The molecule has 4 rings (SSSR count). The summed E-state index contributed by atoms with van der Waals surface area (Å²) < 4.78 is 136. The molecule has 0 radical (unpaired) electrons. The highest BCUT2D eigenvalue weighted by molar-refractivity contribution is 5.94. The standard InChI is InChI=1S/C32H22F10N2O3/c33-26-10-5-17(12-25(26)32(40,41)42)22-9-8-21(14-24(22)31(37,38)39)43-15-18-4-7-20(30(34,35)36)13-23(18)19-6-11-27(44-16-19)28(45)2-1-3-29(46)47/h4-14,16,43H,1-3,15H2,(H,46,47). The number of nitrogens with one attached hydrogen (secondary N) is 1. The Balaban J connectivity index is 1.65. The molecule has 3 aromatic carbocycles. The number of pyridine rings is 1. The lowest BCUT2D eigenvalue weighted by molar-refractivity contribution is -0.140. The summed E-state index contributed by atoms with van der Waals surface area (Å²) in [5.74, 6) is -3.24. The lowest BCUT2D eigenvalue weighted by atomic mass is 9.96. The zero-order valence-corrected chi connectivity index (χ0v) is 23.7. The zero-order valence-electron chi connectivity index (χ0n) is 23.7. The van der Waals surface area contributed by atoms with Crippen LogP contribution in [0, 0.1) is 5.82 Å². The number of carboxylic acid groups (broad SMARTS) is 1. The largest absolute Gasteiger partial charge is 0.481 e. The van der Waals surface area contributed by atoms with E-state index >= 15 is 0 Å². The summed E-state index contributed by atoms with van der Waals surface area (Å²) in [6.45, 7) is -0.311. The van der Waals surface area contributed by atoms with Gasteiger partial charge in [0.2, 0.25) is 0 Å². The van der Waals surface area contributed by atoms with E-state index in [1.165, 1.54) is 12.1 Å². The lowest BCUT2D eigenvalue weighted by Gasteiger charge is -2.18. The number of carboxylic acids is 1. The number of hydrogen-bond donors (Lipinski definition) is 2. The van der Waals surface area contributed by atoms with Crippen LogP contribution in [0.25, 0.3) is 22.3 Å². The molecule has 0 bridgehead atoms. The van der Waals surface area contributed by atoms with Crippen molar-refractivity contribution in [2.75, 3.05) is 5.32 Å². The summed E-state index contributed by atoms with van der Waals surface area (Å²) in [4.78, 5) is 27.0. The maximum absolute atomic E-state index is 14.0. The molecule has 0 aliphatic carbocycles. The molecule has 0 spiro atoms. The fourth-order valence-corrected chi connectivity index (χ4v) is 4.67. The normalized spacial score (nSPS) is 12.2. The molecule has 0 atom stereocenters. The van der Waals surface area contributed by atoms with E-state index in [0.29, 0.717) is 12.1 Å². The summed E-state index contributed by atoms with van der Waals surface area (Å²) in [6, 6.07) is 9.34. The quantitative estimate of drug-likeness (QED) is 0.130. The van der Waals surface area contributed by atoms with Gasteiger partial charge in [0.15, 0.2) is 5.78 Å². The van der Waals surface area contributed by atoms with Gasteiger partial charge in [0.1, 0.15) is 11.5 Å².